The van der Waals surface area contributed by atoms with Gasteiger partial charge in [0.1, 0.15) is 17.6 Å². The smallest absolute Gasteiger partial charge is 0.136 e. The Morgan fingerprint density at radius 1 is 1.25 bits per heavy atom. The molecule has 0 spiro atoms. The van der Waals surface area contributed by atoms with E-state index in [0.717, 1.165) is 32.8 Å². The lowest BCUT2D eigenvalue weighted by atomic mass is 9.95. The predicted molar refractivity (Wildman–Crippen MR) is 106 cm³/mol. The Kier molecular flexibility index (Phi) is 5.33. The Hall–Kier alpha value is -1.30. The van der Waals surface area contributed by atoms with Gasteiger partial charge in [-0.3, -0.25) is 4.98 Å². The largest absolute Gasteiger partial charge is 0.492 e. The molecule has 1 aromatic heterocycles. The van der Waals surface area contributed by atoms with Gasteiger partial charge in [-0.15, -0.1) is 0 Å². The van der Waals surface area contributed by atoms with E-state index in [0.29, 0.717) is 11.8 Å². The third kappa shape index (κ3) is 3.68. The quantitative estimate of drug-likeness (QED) is 0.549. The lowest BCUT2D eigenvalue weighted by molar-refractivity contribution is 0.216. The first-order valence-corrected chi connectivity index (χ1v) is 9.60. The normalized spacial score (nSPS) is 17.0. The SMILES string of the molecule is CC(C)C[C@H](C)COc1cc2c(cc1I)-c1ccncc1C(C)O2. The molecule has 24 heavy (non-hydrogen) atoms. The van der Waals surface area contributed by atoms with Crippen LogP contribution in [-0.2, 0) is 0 Å². The van der Waals surface area contributed by atoms with Gasteiger partial charge in [0, 0.05) is 29.6 Å². The molecule has 1 unspecified atom stereocenters. The highest BCUT2D eigenvalue weighted by molar-refractivity contribution is 14.1. The van der Waals surface area contributed by atoms with E-state index in [1.165, 1.54) is 12.0 Å². The highest BCUT2D eigenvalue weighted by Gasteiger charge is 2.24. The monoisotopic (exact) mass is 437 g/mol. The summed E-state index contributed by atoms with van der Waals surface area (Å²) in [5.74, 6) is 3.05. The molecule has 0 N–H and O–H groups in total. The van der Waals surface area contributed by atoms with Gasteiger partial charge in [0.2, 0.25) is 0 Å². The maximum atomic E-state index is 6.10. The molecule has 0 saturated heterocycles. The summed E-state index contributed by atoms with van der Waals surface area (Å²) in [6.45, 7) is 9.55. The number of nitrogens with zero attached hydrogens (tertiary/aromatic N) is 1. The van der Waals surface area contributed by atoms with Crippen LogP contribution in [0.15, 0.2) is 30.6 Å². The molecule has 2 atom stereocenters. The molecule has 4 heteroatoms. The summed E-state index contributed by atoms with van der Waals surface area (Å²) >= 11 is 2.35. The van der Waals surface area contributed by atoms with Crippen LogP contribution < -0.4 is 9.47 Å². The highest BCUT2D eigenvalue weighted by atomic mass is 127. The summed E-state index contributed by atoms with van der Waals surface area (Å²) in [6.07, 6.45) is 4.92. The summed E-state index contributed by atoms with van der Waals surface area (Å²) in [5, 5.41) is 0. The summed E-state index contributed by atoms with van der Waals surface area (Å²) in [4.78, 5) is 4.23. The first-order valence-electron chi connectivity index (χ1n) is 8.53. The number of hydrogen-bond donors (Lipinski definition) is 0. The van der Waals surface area contributed by atoms with Crippen LogP contribution in [0.25, 0.3) is 11.1 Å². The van der Waals surface area contributed by atoms with Gasteiger partial charge in [-0.1, -0.05) is 20.8 Å². The maximum Gasteiger partial charge on any atom is 0.136 e. The van der Waals surface area contributed by atoms with E-state index in [2.05, 4.69) is 67.4 Å². The molecule has 0 bridgehead atoms. The summed E-state index contributed by atoms with van der Waals surface area (Å²) < 4.78 is 13.3. The molecule has 3 nitrogen and oxygen atoms in total. The molecule has 128 valence electrons. The van der Waals surface area contributed by atoms with Gasteiger partial charge in [-0.25, -0.2) is 0 Å². The molecule has 3 rings (SSSR count). The fourth-order valence-electron chi connectivity index (χ4n) is 3.29. The van der Waals surface area contributed by atoms with E-state index >= 15 is 0 Å². The van der Waals surface area contributed by atoms with Crippen molar-refractivity contribution >= 4 is 22.6 Å². The van der Waals surface area contributed by atoms with Crippen LogP contribution in [0.3, 0.4) is 0 Å². The second kappa shape index (κ2) is 7.30. The van der Waals surface area contributed by atoms with Crippen molar-refractivity contribution in [2.45, 2.75) is 40.2 Å². The zero-order valence-electron chi connectivity index (χ0n) is 14.7. The Morgan fingerprint density at radius 3 is 2.79 bits per heavy atom. The molecule has 0 fully saturated rings. The number of ether oxygens (including phenoxy) is 2. The third-order valence-electron chi connectivity index (χ3n) is 4.32. The number of benzene rings is 1. The van der Waals surface area contributed by atoms with Crippen LogP contribution in [0.2, 0.25) is 0 Å². The van der Waals surface area contributed by atoms with E-state index in [4.69, 9.17) is 9.47 Å². The van der Waals surface area contributed by atoms with Crippen molar-refractivity contribution in [1.82, 2.24) is 4.98 Å². The Labute approximate surface area is 157 Å². The Balaban J connectivity index is 1.85. The summed E-state index contributed by atoms with van der Waals surface area (Å²) in [7, 11) is 0. The van der Waals surface area contributed by atoms with Crippen molar-refractivity contribution in [3.05, 3.63) is 39.7 Å². The minimum Gasteiger partial charge on any atom is -0.492 e. The average molecular weight is 437 g/mol. The van der Waals surface area contributed by atoms with Crippen LogP contribution >= 0.6 is 22.6 Å². The second-order valence-corrected chi connectivity index (χ2v) is 8.21. The molecule has 0 amide bonds. The molecule has 0 saturated carbocycles. The number of halogens is 1. The molecule has 2 aromatic rings. The van der Waals surface area contributed by atoms with Gasteiger partial charge in [-0.2, -0.15) is 0 Å². The molecule has 2 heterocycles. The first-order chi connectivity index (χ1) is 11.5. The zero-order chi connectivity index (χ0) is 17.3. The van der Waals surface area contributed by atoms with E-state index in [-0.39, 0.29) is 6.10 Å². The Bertz CT molecular complexity index is 730. The van der Waals surface area contributed by atoms with Gasteiger partial charge in [0.25, 0.3) is 0 Å². The van der Waals surface area contributed by atoms with Crippen LogP contribution in [0, 0.1) is 15.4 Å². The average Bonchev–Trinajstić information content (AvgIpc) is 2.53. The van der Waals surface area contributed by atoms with E-state index < -0.39 is 0 Å². The van der Waals surface area contributed by atoms with E-state index in [1.54, 1.807) is 0 Å². The van der Waals surface area contributed by atoms with Crippen LogP contribution in [0.1, 0.15) is 45.8 Å². The molecule has 1 aromatic carbocycles. The zero-order valence-corrected chi connectivity index (χ0v) is 16.8. The minimum atomic E-state index is 0.00831. The number of aromatic nitrogens is 1. The number of hydrogen-bond acceptors (Lipinski definition) is 3. The number of fused-ring (bicyclic) bond motifs is 3. The molecule has 0 aliphatic carbocycles. The molecular formula is C20H24INO2. The summed E-state index contributed by atoms with van der Waals surface area (Å²) in [5.41, 5.74) is 3.47. The molecular weight excluding hydrogens is 413 g/mol. The van der Waals surface area contributed by atoms with Gasteiger partial charge in [0.05, 0.1) is 10.2 Å². The highest BCUT2D eigenvalue weighted by Crippen LogP contribution is 2.45. The van der Waals surface area contributed by atoms with Crippen LogP contribution in [0.5, 0.6) is 11.5 Å². The van der Waals surface area contributed by atoms with Crippen LogP contribution in [0.4, 0.5) is 0 Å². The number of rotatable bonds is 5. The van der Waals surface area contributed by atoms with Gasteiger partial charge >= 0.3 is 0 Å². The van der Waals surface area contributed by atoms with Crippen molar-refractivity contribution in [3.63, 3.8) is 0 Å². The fourth-order valence-corrected chi connectivity index (χ4v) is 3.91. The number of pyridine rings is 1. The molecule has 0 radical (unpaired) electrons. The molecule has 1 aliphatic heterocycles. The molecule has 1 aliphatic rings. The van der Waals surface area contributed by atoms with E-state index in [9.17, 15) is 0 Å². The maximum absolute atomic E-state index is 6.10. The Morgan fingerprint density at radius 2 is 2.04 bits per heavy atom. The van der Waals surface area contributed by atoms with Crippen molar-refractivity contribution in [3.8, 4) is 22.6 Å². The van der Waals surface area contributed by atoms with Gasteiger partial charge in [-0.05, 0) is 65.5 Å². The first kappa shape index (κ1) is 17.5. The third-order valence-corrected chi connectivity index (χ3v) is 5.16. The van der Waals surface area contributed by atoms with Crippen LogP contribution in [-0.4, -0.2) is 11.6 Å². The fraction of sp³-hybridized carbons (Fsp3) is 0.450. The lowest BCUT2D eigenvalue weighted by Crippen LogP contribution is -2.14. The minimum absolute atomic E-state index is 0.00831. The topological polar surface area (TPSA) is 31.4 Å². The standard InChI is InChI=1S/C20H24INO2/c1-12(2)7-13(3)11-23-20-9-19-16(8-18(20)21)15-5-6-22-10-17(15)14(4)24-19/h5-6,8-10,12-14H,7,11H2,1-4H3/t13-,14?/m0/s1. The van der Waals surface area contributed by atoms with Crippen molar-refractivity contribution in [2.24, 2.45) is 11.8 Å². The predicted octanol–water partition coefficient (Wildman–Crippen LogP) is 5.87. The van der Waals surface area contributed by atoms with Crippen molar-refractivity contribution in [1.29, 1.82) is 0 Å². The van der Waals surface area contributed by atoms with Gasteiger partial charge < -0.3 is 9.47 Å². The van der Waals surface area contributed by atoms with Gasteiger partial charge in [0.15, 0.2) is 0 Å². The van der Waals surface area contributed by atoms with E-state index in [1.807, 2.05) is 18.5 Å². The summed E-state index contributed by atoms with van der Waals surface area (Å²) in [6, 6.07) is 6.26. The van der Waals surface area contributed by atoms with Crippen molar-refractivity contribution in [2.75, 3.05) is 6.61 Å². The van der Waals surface area contributed by atoms with Crippen molar-refractivity contribution < 1.29 is 9.47 Å². The lowest BCUT2D eigenvalue weighted by Gasteiger charge is -2.27. The second-order valence-electron chi connectivity index (χ2n) is 7.05.